The molecule has 0 atom stereocenters. The number of aliphatic hydroxyl groups is 1. The molecule has 1 N–H and O–H groups in total. The van der Waals surface area contributed by atoms with Crippen molar-refractivity contribution in [3.8, 4) is 5.69 Å². The van der Waals surface area contributed by atoms with E-state index in [1.807, 2.05) is 67.0 Å². The number of anilines is 1. The van der Waals surface area contributed by atoms with Gasteiger partial charge < -0.3 is 14.7 Å². The van der Waals surface area contributed by atoms with E-state index in [4.69, 9.17) is 4.74 Å². The highest BCUT2D eigenvalue weighted by Crippen LogP contribution is 2.36. The number of benzene rings is 1. The summed E-state index contributed by atoms with van der Waals surface area (Å²) < 4.78 is 7.33. The Hall–Kier alpha value is -3.12. The molecule has 0 unspecified atom stereocenters. The first kappa shape index (κ1) is 28.9. The Labute approximate surface area is 234 Å². The number of carbonyl (C=O) groups excluding carboxylic acids is 1. The average molecular weight is 532 g/mol. The normalized spacial score (nSPS) is 23.4. The third kappa shape index (κ3) is 7.51. The van der Waals surface area contributed by atoms with Crippen LogP contribution in [0.4, 0.5) is 5.69 Å². The second-order valence-corrected chi connectivity index (χ2v) is 11.6. The third-order valence-corrected chi connectivity index (χ3v) is 8.40. The minimum absolute atomic E-state index is 0.0321. The molecule has 0 aliphatic heterocycles. The Morgan fingerprint density at radius 3 is 2.41 bits per heavy atom. The Kier molecular flexibility index (Phi) is 9.84. The lowest BCUT2D eigenvalue weighted by Crippen LogP contribution is -2.42. The summed E-state index contributed by atoms with van der Waals surface area (Å²) in [5.41, 5.74) is 5.28. The molecule has 2 aromatic rings. The highest BCUT2D eigenvalue weighted by Gasteiger charge is 2.32. The number of amides is 1. The fraction of sp³-hybridized carbons (Fsp3) is 0.515. The predicted molar refractivity (Wildman–Crippen MR) is 158 cm³/mol. The second kappa shape index (κ2) is 13.3. The maximum absolute atomic E-state index is 13.9. The number of methoxy groups -OCH3 is 1. The molecule has 2 fully saturated rings. The molecular formula is C33H45N3O3. The highest BCUT2D eigenvalue weighted by atomic mass is 16.5. The molecule has 2 aliphatic rings. The highest BCUT2D eigenvalue weighted by molar-refractivity contribution is 5.95. The lowest BCUT2D eigenvalue weighted by Gasteiger charge is -2.36. The van der Waals surface area contributed by atoms with Gasteiger partial charge in [-0.2, -0.15) is 5.10 Å². The van der Waals surface area contributed by atoms with E-state index in [2.05, 4.69) is 23.8 Å². The lowest BCUT2D eigenvalue weighted by molar-refractivity contribution is -0.124. The molecule has 1 aromatic carbocycles. The van der Waals surface area contributed by atoms with Gasteiger partial charge in [0, 0.05) is 24.3 Å². The molecule has 1 amide bonds. The van der Waals surface area contributed by atoms with E-state index in [1.165, 1.54) is 0 Å². The smallest absolute Gasteiger partial charge is 0.230 e. The molecule has 0 spiro atoms. The fourth-order valence-corrected chi connectivity index (χ4v) is 5.95. The van der Waals surface area contributed by atoms with E-state index in [9.17, 15) is 9.90 Å². The van der Waals surface area contributed by atoms with Gasteiger partial charge in [-0.05, 0) is 119 Å². The zero-order chi connectivity index (χ0) is 27.9. The van der Waals surface area contributed by atoms with Crippen molar-refractivity contribution in [1.82, 2.24) is 9.78 Å². The van der Waals surface area contributed by atoms with E-state index < -0.39 is 0 Å². The van der Waals surface area contributed by atoms with Crippen molar-refractivity contribution in [2.24, 2.45) is 17.8 Å². The van der Waals surface area contributed by atoms with Gasteiger partial charge in [-0.1, -0.05) is 24.3 Å². The number of aromatic nitrogens is 2. The first-order valence-electron chi connectivity index (χ1n) is 14.4. The minimum atomic E-state index is -0.275. The zero-order valence-corrected chi connectivity index (χ0v) is 24.1. The quantitative estimate of drug-likeness (QED) is 0.282. The summed E-state index contributed by atoms with van der Waals surface area (Å²) in [5, 5.41) is 14.5. The summed E-state index contributed by atoms with van der Waals surface area (Å²) in [4.78, 5) is 15.9. The number of nitrogens with zero attached hydrogens (tertiary/aromatic N) is 3. The number of aryl methyl sites for hydroxylation is 1. The molecule has 210 valence electrons. The molecule has 1 aromatic heterocycles. The molecule has 6 heteroatoms. The molecule has 6 nitrogen and oxygen atoms in total. The van der Waals surface area contributed by atoms with Crippen LogP contribution in [0.5, 0.6) is 0 Å². The van der Waals surface area contributed by atoms with Crippen molar-refractivity contribution in [3.63, 3.8) is 0 Å². The van der Waals surface area contributed by atoms with Crippen molar-refractivity contribution in [1.29, 1.82) is 0 Å². The largest absolute Gasteiger partial charge is 0.497 e. The number of allylic oxidation sites excluding steroid dienone is 4. The number of hydrogen-bond donors (Lipinski definition) is 1. The summed E-state index contributed by atoms with van der Waals surface area (Å²) in [6, 6.07) is 8.17. The SMILES string of the molecule is C=C(/C=C\C(OC)=C(C)C)[C@H]1CC[C@H](CN(c2cccc(-n3cc(C)cn3)c2)C(=O)[C@H]2CC[C@H](O)CC2)CC1. The fourth-order valence-electron chi connectivity index (χ4n) is 5.95. The molecule has 39 heavy (non-hydrogen) atoms. The van der Waals surface area contributed by atoms with Crippen molar-refractivity contribution < 1.29 is 14.6 Å². The van der Waals surface area contributed by atoms with Crippen LogP contribution in [0.3, 0.4) is 0 Å². The molecule has 1 heterocycles. The van der Waals surface area contributed by atoms with Gasteiger partial charge in [0.1, 0.15) is 5.76 Å². The molecule has 0 radical (unpaired) electrons. The molecule has 0 bridgehead atoms. The van der Waals surface area contributed by atoms with Crippen molar-refractivity contribution >= 4 is 11.6 Å². The van der Waals surface area contributed by atoms with Gasteiger partial charge in [0.25, 0.3) is 0 Å². The maximum Gasteiger partial charge on any atom is 0.230 e. The summed E-state index contributed by atoms with van der Waals surface area (Å²) >= 11 is 0. The van der Waals surface area contributed by atoms with Gasteiger partial charge in [0.15, 0.2) is 0 Å². The minimum Gasteiger partial charge on any atom is -0.497 e. The van der Waals surface area contributed by atoms with Crippen LogP contribution in [-0.4, -0.2) is 40.6 Å². The van der Waals surface area contributed by atoms with Gasteiger partial charge in [0.05, 0.1) is 25.1 Å². The summed E-state index contributed by atoms with van der Waals surface area (Å²) in [7, 11) is 1.70. The van der Waals surface area contributed by atoms with Crippen molar-refractivity contribution in [2.45, 2.75) is 78.2 Å². The number of ether oxygens (including phenoxy) is 1. The van der Waals surface area contributed by atoms with Crippen LogP contribution >= 0.6 is 0 Å². The van der Waals surface area contributed by atoms with Crippen LogP contribution < -0.4 is 4.90 Å². The number of aliphatic hydroxyl groups excluding tert-OH is 1. The van der Waals surface area contributed by atoms with Crippen LogP contribution in [0.15, 0.2) is 72.3 Å². The van der Waals surface area contributed by atoms with Crippen LogP contribution in [0.2, 0.25) is 0 Å². The molecule has 2 saturated carbocycles. The maximum atomic E-state index is 13.9. The molecule has 2 aliphatic carbocycles. The number of carbonyl (C=O) groups is 1. The van der Waals surface area contributed by atoms with Gasteiger partial charge in [-0.15, -0.1) is 0 Å². The summed E-state index contributed by atoms with van der Waals surface area (Å²) in [6.45, 7) is 11.2. The molecular weight excluding hydrogens is 486 g/mol. The molecule has 4 rings (SSSR count). The van der Waals surface area contributed by atoms with Gasteiger partial charge >= 0.3 is 0 Å². The first-order chi connectivity index (χ1) is 18.7. The second-order valence-electron chi connectivity index (χ2n) is 11.6. The number of hydrogen-bond acceptors (Lipinski definition) is 4. The number of rotatable bonds is 9. The van der Waals surface area contributed by atoms with Gasteiger partial charge in [-0.3, -0.25) is 4.79 Å². The lowest BCUT2D eigenvalue weighted by atomic mass is 9.78. The van der Waals surface area contributed by atoms with Crippen LogP contribution in [-0.2, 0) is 9.53 Å². The van der Waals surface area contributed by atoms with Gasteiger partial charge in [0.2, 0.25) is 5.91 Å². The van der Waals surface area contributed by atoms with E-state index in [0.717, 1.165) is 78.9 Å². The monoisotopic (exact) mass is 531 g/mol. The van der Waals surface area contributed by atoms with Crippen molar-refractivity contribution in [2.75, 3.05) is 18.6 Å². The Bertz CT molecular complexity index is 1190. The Morgan fingerprint density at radius 1 is 1.10 bits per heavy atom. The van der Waals surface area contributed by atoms with Crippen molar-refractivity contribution in [3.05, 3.63) is 77.9 Å². The first-order valence-corrected chi connectivity index (χ1v) is 14.4. The average Bonchev–Trinajstić information content (AvgIpc) is 3.38. The van der Waals surface area contributed by atoms with E-state index >= 15 is 0 Å². The van der Waals surface area contributed by atoms with Crippen LogP contribution in [0, 0.1) is 24.7 Å². The van der Waals surface area contributed by atoms with Crippen LogP contribution in [0.1, 0.15) is 70.8 Å². The van der Waals surface area contributed by atoms with E-state index in [1.54, 1.807) is 7.11 Å². The predicted octanol–water partition coefficient (Wildman–Crippen LogP) is 6.92. The Balaban J connectivity index is 1.47. The van der Waals surface area contributed by atoms with E-state index in [0.29, 0.717) is 24.7 Å². The summed E-state index contributed by atoms with van der Waals surface area (Å²) in [6.07, 6.45) is 14.9. The van der Waals surface area contributed by atoms with Gasteiger partial charge in [-0.25, -0.2) is 4.68 Å². The third-order valence-electron chi connectivity index (χ3n) is 8.40. The van der Waals surface area contributed by atoms with E-state index in [-0.39, 0.29) is 17.9 Å². The summed E-state index contributed by atoms with van der Waals surface area (Å²) in [5.74, 6) is 1.96. The van der Waals surface area contributed by atoms with Crippen LogP contribution in [0.25, 0.3) is 5.69 Å². The standard InChI is InChI=1S/C33H45N3O3/c1-23(2)32(39-5)18-9-25(4)27-12-10-26(11-13-27)22-35(33(38)28-14-16-31(37)17-15-28)29-7-6-8-30(19-29)36-21-24(3)20-34-36/h6-9,18-21,26-28,31,37H,4,10-17,22H2,1-3,5H3/b18-9-/t26-,27-,28-,31-. The zero-order valence-electron chi connectivity index (χ0n) is 24.1. The topological polar surface area (TPSA) is 67.6 Å². The Morgan fingerprint density at radius 2 is 1.79 bits per heavy atom. The molecule has 0 saturated heterocycles.